The second kappa shape index (κ2) is 10.6. The van der Waals surface area contributed by atoms with Crippen LogP contribution in [0, 0.1) is 6.92 Å². The van der Waals surface area contributed by atoms with Crippen LogP contribution >= 0.6 is 0 Å². The molecule has 1 fully saturated rings. The van der Waals surface area contributed by atoms with Crippen molar-refractivity contribution in [2.24, 2.45) is 0 Å². The first-order valence-corrected chi connectivity index (χ1v) is 12.7. The van der Waals surface area contributed by atoms with Gasteiger partial charge < -0.3 is 20.4 Å². The number of hydrogen-bond donors (Lipinski definition) is 2. The minimum atomic E-state index is -0.127. The number of amides is 2. The number of nitrogens with zero attached hydrogens (tertiary/aromatic N) is 3. The highest BCUT2D eigenvalue weighted by molar-refractivity contribution is 6.37. The lowest BCUT2D eigenvalue weighted by Crippen LogP contribution is -2.48. The van der Waals surface area contributed by atoms with Gasteiger partial charge in [0.05, 0.1) is 17.8 Å². The lowest BCUT2D eigenvalue weighted by molar-refractivity contribution is -0.119. The van der Waals surface area contributed by atoms with E-state index in [1.54, 1.807) is 4.90 Å². The Morgan fingerprint density at radius 1 is 0.973 bits per heavy atom. The van der Waals surface area contributed by atoms with Gasteiger partial charge in [-0.2, -0.15) is 0 Å². The standard InChI is InChI=1S/C30H33N5O2/c1-21-9-14-25-26(19-21)32-30(37)28(25)29(22-7-5-4-6-8-22)31-23-10-12-24(13-11-23)34(3)27(36)20-35-17-15-33(2)16-18-35/h4-14,19,31H,15-18,20H2,1-3H3,(H,32,37)/b29-28-. The van der Waals surface area contributed by atoms with Crippen LogP contribution in [0.2, 0.25) is 0 Å². The van der Waals surface area contributed by atoms with Gasteiger partial charge in [-0.05, 0) is 55.4 Å². The molecule has 2 amide bonds. The lowest BCUT2D eigenvalue weighted by Gasteiger charge is -2.32. The Balaban J connectivity index is 1.38. The maximum atomic E-state index is 13.1. The van der Waals surface area contributed by atoms with Crippen molar-refractivity contribution in [3.63, 3.8) is 0 Å². The van der Waals surface area contributed by atoms with Gasteiger partial charge in [-0.15, -0.1) is 0 Å². The van der Waals surface area contributed by atoms with E-state index in [1.807, 2.05) is 86.8 Å². The highest BCUT2D eigenvalue weighted by Crippen LogP contribution is 2.38. The van der Waals surface area contributed by atoms with E-state index in [2.05, 4.69) is 27.5 Å². The lowest BCUT2D eigenvalue weighted by atomic mass is 9.99. The van der Waals surface area contributed by atoms with Crippen LogP contribution in [-0.2, 0) is 9.59 Å². The Morgan fingerprint density at radius 2 is 1.68 bits per heavy atom. The third-order valence-corrected chi connectivity index (χ3v) is 7.08. The summed E-state index contributed by atoms with van der Waals surface area (Å²) in [5, 5.41) is 6.50. The second-order valence-electron chi connectivity index (χ2n) is 9.82. The van der Waals surface area contributed by atoms with Crippen molar-refractivity contribution >= 4 is 40.1 Å². The molecule has 7 nitrogen and oxygen atoms in total. The average molecular weight is 496 g/mol. The van der Waals surface area contributed by atoms with Gasteiger partial charge in [0, 0.05) is 55.9 Å². The molecule has 2 N–H and O–H groups in total. The molecule has 1 saturated heterocycles. The van der Waals surface area contributed by atoms with Gasteiger partial charge in [0.2, 0.25) is 5.91 Å². The van der Waals surface area contributed by atoms with Crippen molar-refractivity contribution in [3.05, 3.63) is 89.5 Å². The SMILES string of the molecule is Cc1ccc2c(c1)NC(=O)/C2=C(\Nc1ccc(N(C)C(=O)CN2CCN(C)CC2)cc1)c1ccccc1. The van der Waals surface area contributed by atoms with E-state index >= 15 is 0 Å². The number of likely N-dealkylation sites (N-methyl/N-ethyl adjacent to an activating group) is 2. The van der Waals surface area contributed by atoms with E-state index in [4.69, 9.17) is 0 Å². The van der Waals surface area contributed by atoms with Crippen molar-refractivity contribution in [1.82, 2.24) is 9.80 Å². The van der Waals surface area contributed by atoms with Crippen LogP contribution in [0.3, 0.4) is 0 Å². The van der Waals surface area contributed by atoms with Gasteiger partial charge in [0.1, 0.15) is 0 Å². The molecule has 3 aromatic rings. The number of fused-ring (bicyclic) bond motifs is 1. The number of benzene rings is 3. The summed E-state index contributed by atoms with van der Waals surface area (Å²) in [4.78, 5) is 32.2. The normalized spacial score (nSPS) is 17.2. The van der Waals surface area contributed by atoms with Crippen LogP contribution in [0.1, 0.15) is 16.7 Å². The van der Waals surface area contributed by atoms with E-state index in [0.717, 1.165) is 65.6 Å². The van der Waals surface area contributed by atoms with Gasteiger partial charge in [-0.1, -0.05) is 42.5 Å². The minimum Gasteiger partial charge on any atom is -0.354 e. The summed E-state index contributed by atoms with van der Waals surface area (Å²) in [7, 11) is 3.93. The highest BCUT2D eigenvalue weighted by atomic mass is 16.2. The minimum absolute atomic E-state index is 0.0758. The summed E-state index contributed by atoms with van der Waals surface area (Å²) in [6.07, 6.45) is 0. The Kier molecular flexibility index (Phi) is 7.08. The molecule has 0 unspecified atom stereocenters. The molecule has 0 atom stereocenters. The number of hydrogen-bond acceptors (Lipinski definition) is 5. The summed E-state index contributed by atoms with van der Waals surface area (Å²) >= 11 is 0. The molecule has 5 rings (SSSR count). The molecule has 2 aliphatic rings. The van der Waals surface area contributed by atoms with Crippen molar-refractivity contribution in [3.8, 4) is 0 Å². The number of carbonyl (C=O) groups excluding carboxylic acids is 2. The second-order valence-corrected chi connectivity index (χ2v) is 9.82. The molecule has 0 spiro atoms. The number of aryl methyl sites for hydroxylation is 1. The zero-order valence-electron chi connectivity index (χ0n) is 21.6. The number of rotatable bonds is 6. The largest absolute Gasteiger partial charge is 0.354 e. The molecule has 0 bridgehead atoms. The molecule has 3 aromatic carbocycles. The zero-order chi connectivity index (χ0) is 25.9. The Hall–Kier alpha value is -3.94. The molecule has 0 aliphatic carbocycles. The number of nitrogens with one attached hydrogen (secondary N) is 2. The molecule has 2 aliphatic heterocycles. The van der Waals surface area contributed by atoms with Gasteiger partial charge in [-0.3, -0.25) is 14.5 Å². The van der Waals surface area contributed by atoms with Crippen LogP contribution < -0.4 is 15.5 Å². The zero-order valence-corrected chi connectivity index (χ0v) is 21.6. The smallest absolute Gasteiger partial charge is 0.258 e. The number of piperazine rings is 1. The van der Waals surface area contributed by atoms with Crippen molar-refractivity contribution in [2.45, 2.75) is 6.92 Å². The van der Waals surface area contributed by atoms with Gasteiger partial charge in [0.15, 0.2) is 0 Å². The van der Waals surface area contributed by atoms with E-state index < -0.39 is 0 Å². The first kappa shape index (κ1) is 24.7. The predicted molar refractivity (Wildman–Crippen MR) is 150 cm³/mol. The topological polar surface area (TPSA) is 67.9 Å². The fourth-order valence-electron chi connectivity index (χ4n) is 4.78. The molecule has 0 radical (unpaired) electrons. The van der Waals surface area contributed by atoms with Gasteiger partial charge >= 0.3 is 0 Å². The first-order valence-electron chi connectivity index (χ1n) is 12.7. The predicted octanol–water partition coefficient (Wildman–Crippen LogP) is 4.14. The first-order chi connectivity index (χ1) is 17.9. The monoisotopic (exact) mass is 495 g/mol. The quantitative estimate of drug-likeness (QED) is 0.503. The average Bonchev–Trinajstić information content (AvgIpc) is 3.23. The number of anilines is 3. The molecular weight excluding hydrogens is 462 g/mol. The Morgan fingerprint density at radius 3 is 2.38 bits per heavy atom. The van der Waals surface area contributed by atoms with Crippen molar-refractivity contribution in [2.75, 3.05) is 62.4 Å². The Bertz CT molecular complexity index is 1330. The molecule has 0 aromatic heterocycles. The molecule has 7 heteroatoms. The maximum absolute atomic E-state index is 13.1. The van der Waals surface area contributed by atoms with E-state index in [9.17, 15) is 9.59 Å². The van der Waals surface area contributed by atoms with Crippen LogP contribution in [-0.4, -0.2) is 68.4 Å². The van der Waals surface area contributed by atoms with Crippen LogP contribution in [0.4, 0.5) is 17.1 Å². The fraction of sp³-hybridized carbons (Fsp3) is 0.267. The summed E-state index contributed by atoms with van der Waals surface area (Å²) in [6, 6.07) is 23.6. The summed E-state index contributed by atoms with van der Waals surface area (Å²) in [6.45, 7) is 6.22. The van der Waals surface area contributed by atoms with Gasteiger partial charge in [-0.25, -0.2) is 0 Å². The van der Waals surface area contributed by atoms with E-state index in [-0.39, 0.29) is 11.8 Å². The molecule has 0 saturated carbocycles. The van der Waals surface area contributed by atoms with Crippen molar-refractivity contribution in [1.29, 1.82) is 0 Å². The van der Waals surface area contributed by atoms with Gasteiger partial charge in [0.25, 0.3) is 5.91 Å². The number of carbonyl (C=O) groups is 2. The molecule has 37 heavy (non-hydrogen) atoms. The Labute approximate surface area is 218 Å². The fourth-order valence-corrected chi connectivity index (χ4v) is 4.78. The molecule has 190 valence electrons. The highest BCUT2D eigenvalue weighted by Gasteiger charge is 2.28. The third-order valence-electron chi connectivity index (χ3n) is 7.08. The van der Waals surface area contributed by atoms with E-state index in [1.165, 1.54) is 0 Å². The summed E-state index contributed by atoms with van der Waals surface area (Å²) in [5.74, 6) is -0.0512. The summed E-state index contributed by atoms with van der Waals surface area (Å²) in [5.41, 5.74) is 6.75. The molecule has 2 heterocycles. The van der Waals surface area contributed by atoms with Crippen LogP contribution in [0.5, 0.6) is 0 Å². The maximum Gasteiger partial charge on any atom is 0.258 e. The van der Waals surface area contributed by atoms with Crippen LogP contribution in [0.25, 0.3) is 11.3 Å². The molecular formula is C30H33N5O2. The van der Waals surface area contributed by atoms with Crippen molar-refractivity contribution < 1.29 is 9.59 Å². The third kappa shape index (κ3) is 5.43. The van der Waals surface area contributed by atoms with Crippen LogP contribution in [0.15, 0.2) is 72.8 Å². The summed E-state index contributed by atoms with van der Waals surface area (Å²) < 4.78 is 0. The van der Waals surface area contributed by atoms with E-state index in [0.29, 0.717) is 12.1 Å².